The van der Waals surface area contributed by atoms with Gasteiger partial charge in [-0.3, -0.25) is 4.79 Å². The fourth-order valence-corrected chi connectivity index (χ4v) is 1.12. The van der Waals surface area contributed by atoms with E-state index in [2.05, 4.69) is 16.8 Å². The van der Waals surface area contributed by atoms with Crippen LogP contribution in [0.4, 0.5) is 0 Å². The number of nitrogens with one attached hydrogen (secondary N) is 1. The molecular formula is C7H8N2OS. The lowest BCUT2D eigenvalue weighted by molar-refractivity contribution is 0.900. The minimum absolute atomic E-state index is 0.173. The van der Waals surface area contributed by atoms with Gasteiger partial charge in [-0.1, -0.05) is 6.08 Å². The number of thioether (sulfide) groups is 1. The van der Waals surface area contributed by atoms with Gasteiger partial charge < -0.3 is 0 Å². The molecule has 0 fully saturated rings. The number of hydrogen-bond donors (Lipinski definition) is 1. The summed E-state index contributed by atoms with van der Waals surface area (Å²) in [6.07, 6.45) is 1.79. The van der Waals surface area contributed by atoms with Gasteiger partial charge in [-0.25, -0.2) is 5.10 Å². The van der Waals surface area contributed by atoms with Gasteiger partial charge in [0.2, 0.25) is 0 Å². The normalized spacial score (nSPS) is 9.45. The van der Waals surface area contributed by atoms with Gasteiger partial charge in [0.05, 0.1) is 0 Å². The topological polar surface area (TPSA) is 45.8 Å². The van der Waals surface area contributed by atoms with Gasteiger partial charge in [-0.05, 0) is 6.07 Å². The molecule has 58 valence electrons. The van der Waals surface area contributed by atoms with Crippen molar-refractivity contribution in [3.05, 3.63) is 35.1 Å². The van der Waals surface area contributed by atoms with Crippen molar-refractivity contribution >= 4 is 11.8 Å². The van der Waals surface area contributed by atoms with Crippen LogP contribution in [0.3, 0.4) is 0 Å². The molecule has 0 unspecified atom stereocenters. The lowest BCUT2D eigenvalue weighted by Gasteiger charge is -1.92. The summed E-state index contributed by atoms with van der Waals surface area (Å²) in [4.78, 5) is 10.5. The molecule has 1 aromatic rings. The zero-order valence-electron chi connectivity index (χ0n) is 5.91. The molecular weight excluding hydrogens is 160 g/mol. The van der Waals surface area contributed by atoms with Crippen LogP contribution in [0.25, 0.3) is 0 Å². The Morgan fingerprint density at radius 2 is 2.55 bits per heavy atom. The van der Waals surface area contributed by atoms with Crippen molar-refractivity contribution in [2.45, 2.75) is 5.03 Å². The van der Waals surface area contributed by atoms with Crippen molar-refractivity contribution in [2.24, 2.45) is 0 Å². The molecule has 1 rings (SSSR count). The highest BCUT2D eigenvalue weighted by Gasteiger charge is 1.91. The molecule has 0 spiro atoms. The highest BCUT2D eigenvalue weighted by atomic mass is 32.2. The third-order valence-electron chi connectivity index (χ3n) is 1.00. The summed E-state index contributed by atoms with van der Waals surface area (Å²) < 4.78 is 0. The van der Waals surface area contributed by atoms with Crippen molar-refractivity contribution in [3.63, 3.8) is 0 Å². The second-order valence-corrected chi connectivity index (χ2v) is 2.90. The molecule has 1 aromatic heterocycles. The summed E-state index contributed by atoms with van der Waals surface area (Å²) in [5.41, 5.74) is -0.173. The summed E-state index contributed by atoms with van der Waals surface area (Å²) in [6.45, 7) is 3.57. The predicted molar refractivity (Wildman–Crippen MR) is 45.8 cm³/mol. The molecule has 0 bridgehead atoms. The van der Waals surface area contributed by atoms with E-state index in [0.29, 0.717) is 0 Å². The second kappa shape index (κ2) is 3.98. The summed E-state index contributed by atoms with van der Waals surface area (Å²) in [7, 11) is 0. The summed E-state index contributed by atoms with van der Waals surface area (Å²) in [5.74, 6) is 0.805. The Morgan fingerprint density at radius 3 is 3.09 bits per heavy atom. The van der Waals surface area contributed by atoms with E-state index < -0.39 is 0 Å². The number of rotatable bonds is 3. The van der Waals surface area contributed by atoms with Gasteiger partial charge in [-0.15, -0.1) is 18.3 Å². The minimum Gasteiger partial charge on any atom is -0.268 e. The van der Waals surface area contributed by atoms with Gasteiger partial charge in [-0.2, -0.15) is 5.10 Å². The van der Waals surface area contributed by atoms with Crippen molar-refractivity contribution in [1.82, 2.24) is 10.2 Å². The van der Waals surface area contributed by atoms with Crippen molar-refractivity contribution in [2.75, 3.05) is 5.75 Å². The van der Waals surface area contributed by atoms with E-state index >= 15 is 0 Å². The SMILES string of the molecule is C=CCSc1ccc(=O)[nH]n1. The monoisotopic (exact) mass is 168 g/mol. The quantitative estimate of drug-likeness (QED) is 0.542. The molecule has 0 radical (unpaired) electrons. The molecule has 0 atom stereocenters. The molecule has 0 amide bonds. The van der Waals surface area contributed by atoms with E-state index in [1.165, 1.54) is 17.8 Å². The molecule has 0 aliphatic rings. The van der Waals surface area contributed by atoms with Crippen LogP contribution in [0, 0.1) is 0 Å². The molecule has 0 saturated heterocycles. The van der Waals surface area contributed by atoms with E-state index in [0.717, 1.165) is 10.8 Å². The van der Waals surface area contributed by atoms with E-state index in [1.54, 1.807) is 12.1 Å². The first-order chi connectivity index (χ1) is 5.33. The van der Waals surface area contributed by atoms with Crippen LogP contribution in [-0.2, 0) is 0 Å². The fourth-order valence-electron chi connectivity index (χ4n) is 0.556. The van der Waals surface area contributed by atoms with Gasteiger partial charge in [0.25, 0.3) is 5.56 Å². The molecule has 4 heteroatoms. The van der Waals surface area contributed by atoms with Crippen LogP contribution < -0.4 is 5.56 Å². The molecule has 0 aromatic carbocycles. The summed E-state index contributed by atoms with van der Waals surface area (Å²) in [5, 5.41) is 6.95. The van der Waals surface area contributed by atoms with Crippen LogP contribution in [0.5, 0.6) is 0 Å². The molecule has 3 nitrogen and oxygen atoms in total. The number of aromatic amines is 1. The highest BCUT2D eigenvalue weighted by Crippen LogP contribution is 2.11. The first kappa shape index (κ1) is 8.07. The summed E-state index contributed by atoms with van der Waals surface area (Å²) >= 11 is 1.53. The van der Waals surface area contributed by atoms with Gasteiger partial charge in [0, 0.05) is 11.8 Å². The van der Waals surface area contributed by atoms with E-state index in [9.17, 15) is 4.79 Å². The Labute approximate surface area is 68.5 Å². The van der Waals surface area contributed by atoms with Crippen LogP contribution >= 0.6 is 11.8 Å². The lowest BCUT2D eigenvalue weighted by atomic mass is 10.6. The number of H-pyrrole nitrogens is 1. The molecule has 1 N–H and O–H groups in total. The van der Waals surface area contributed by atoms with Crippen molar-refractivity contribution in [3.8, 4) is 0 Å². The summed E-state index contributed by atoms with van der Waals surface area (Å²) in [6, 6.07) is 3.14. The average molecular weight is 168 g/mol. The Morgan fingerprint density at radius 1 is 1.73 bits per heavy atom. The fraction of sp³-hybridized carbons (Fsp3) is 0.143. The molecule has 0 aliphatic heterocycles. The number of aromatic nitrogens is 2. The maximum Gasteiger partial charge on any atom is 0.264 e. The molecule has 0 aliphatic carbocycles. The van der Waals surface area contributed by atoms with E-state index in [-0.39, 0.29) is 5.56 Å². The van der Waals surface area contributed by atoms with E-state index in [4.69, 9.17) is 0 Å². The third kappa shape index (κ3) is 2.59. The second-order valence-electron chi connectivity index (χ2n) is 1.86. The number of nitrogens with zero attached hydrogens (tertiary/aromatic N) is 1. The van der Waals surface area contributed by atoms with Crippen LogP contribution in [0.2, 0.25) is 0 Å². The zero-order chi connectivity index (χ0) is 8.10. The van der Waals surface area contributed by atoms with Gasteiger partial charge in [0.1, 0.15) is 5.03 Å². The lowest BCUT2D eigenvalue weighted by Crippen LogP contribution is -2.05. The Hall–Kier alpha value is -1.03. The minimum atomic E-state index is -0.173. The van der Waals surface area contributed by atoms with Crippen LogP contribution in [0.1, 0.15) is 0 Å². The van der Waals surface area contributed by atoms with Crippen molar-refractivity contribution in [1.29, 1.82) is 0 Å². The van der Waals surface area contributed by atoms with Gasteiger partial charge in [0.15, 0.2) is 0 Å². The Balaban J connectivity index is 2.66. The largest absolute Gasteiger partial charge is 0.268 e. The Bertz CT molecular complexity index is 274. The average Bonchev–Trinajstić information content (AvgIpc) is 2.04. The van der Waals surface area contributed by atoms with Crippen LogP contribution in [-0.4, -0.2) is 16.0 Å². The smallest absolute Gasteiger partial charge is 0.264 e. The standard InChI is InChI=1S/C7H8N2OS/c1-2-5-11-7-4-3-6(10)8-9-7/h2-4H,1,5H2,(H,8,10). The molecule has 0 saturated carbocycles. The van der Waals surface area contributed by atoms with Gasteiger partial charge >= 0.3 is 0 Å². The molecule has 1 heterocycles. The highest BCUT2D eigenvalue weighted by molar-refractivity contribution is 7.99. The third-order valence-corrected chi connectivity index (χ3v) is 1.93. The first-order valence-corrected chi connectivity index (χ1v) is 4.11. The van der Waals surface area contributed by atoms with Crippen molar-refractivity contribution < 1.29 is 0 Å². The Kier molecular flexibility index (Phi) is 2.92. The maximum absolute atomic E-state index is 10.5. The maximum atomic E-state index is 10.5. The predicted octanol–water partition coefficient (Wildman–Crippen LogP) is 1.05. The van der Waals surface area contributed by atoms with Crippen LogP contribution in [0.15, 0.2) is 34.6 Å². The molecule has 11 heavy (non-hydrogen) atoms. The number of hydrogen-bond acceptors (Lipinski definition) is 3. The first-order valence-electron chi connectivity index (χ1n) is 3.12. The van der Waals surface area contributed by atoms with E-state index in [1.807, 2.05) is 0 Å². The zero-order valence-corrected chi connectivity index (χ0v) is 6.73.